The van der Waals surface area contributed by atoms with Gasteiger partial charge in [-0.1, -0.05) is 48.5 Å². The molecule has 3 aromatic carbocycles. The second kappa shape index (κ2) is 9.27. The maximum absolute atomic E-state index is 12.7. The van der Waals surface area contributed by atoms with Gasteiger partial charge in [0.05, 0.1) is 17.5 Å². The first kappa shape index (κ1) is 21.6. The molecular formula is C23H18F3N3O2S. The molecule has 1 unspecified atom stereocenters. The van der Waals surface area contributed by atoms with Crippen molar-refractivity contribution >= 4 is 28.4 Å². The first-order chi connectivity index (χ1) is 15.4. The summed E-state index contributed by atoms with van der Waals surface area (Å²) in [5.74, 6) is 0.703. The Kier molecular flexibility index (Phi) is 6.27. The van der Waals surface area contributed by atoms with Crippen LogP contribution in [0.1, 0.15) is 11.1 Å². The number of anilines is 3. The molecule has 0 saturated heterocycles. The van der Waals surface area contributed by atoms with E-state index in [1.54, 1.807) is 24.3 Å². The summed E-state index contributed by atoms with van der Waals surface area (Å²) < 4.78 is 59.1. The van der Waals surface area contributed by atoms with E-state index < -0.39 is 22.7 Å². The minimum absolute atomic E-state index is 0.183. The molecule has 0 aliphatic rings. The molecule has 4 rings (SSSR count). The zero-order chi connectivity index (χ0) is 22.6. The van der Waals surface area contributed by atoms with Crippen LogP contribution in [0, 0.1) is 0 Å². The molecule has 4 aromatic rings. The average Bonchev–Trinajstić information content (AvgIpc) is 3.22. The number of nitrogens with zero attached hydrogens (tertiary/aromatic N) is 1. The van der Waals surface area contributed by atoms with E-state index in [1.807, 2.05) is 30.3 Å². The second-order valence-electron chi connectivity index (χ2n) is 6.89. The molecule has 9 heteroatoms. The fraction of sp³-hybridized carbons (Fsp3) is 0.0870. The van der Waals surface area contributed by atoms with E-state index in [-0.39, 0.29) is 6.01 Å². The Bertz CT molecular complexity index is 1210. The van der Waals surface area contributed by atoms with Crippen LogP contribution < -0.4 is 10.0 Å². The number of alkyl halides is 3. The summed E-state index contributed by atoms with van der Waals surface area (Å²) in [6.07, 6.45) is -2.96. The number of aromatic nitrogens is 1. The van der Waals surface area contributed by atoms with Crippen LogP contribution in [0.2, 0.25) is 0 Å². The number of nitrogens with one attached hydrogen (secondary N) is 2. The molecule has 2 N–H and O–H groups in total. The Balaban J connectivity index is 1.41. The summed E-state index contributed by atoms with van der Waals surface area (Å²) in [5, 5.41) is 3.00. The van der Waals surface area contributed by atoms with Crippen molar-refractivity contribution in [3.8, 4) is 11.3 Å². The highest BCUT2D eigenvalue weighted by Crippen LogP contribution is 2.32. The molecule has 0 radical (unpaired) electrons. The van der Waals surface area contributed by atoms with Gasteiger partial charge in [0.25, 0.3) is 6.01 Å². The first-order valence-corrected chi connectivity index (χ1v) is 10.9. The van der Waals surface area contributed by atoms with Crippen LogP contribution in [0.3, 0.4) is 0 Å². The van der Waals surface area contributed by atoms with E-state index in [1.165, 1.54) is 18.3 Å². The summed E-state index contributed by atoms with van der Waals surface area (Å²) >= 11 is 0. The minimum atomic E-state index is -4.39. The van der Waals surface area contributed by atoms with Crippen LogP contribution in [0.25, 0.3) is 11.3 Å². The highest BCUT2D eigenvalue weighted by molar-refractivity contribution is 7.85. The number of hydrogen-bond acceptors (Lipinski definition) is 4. The van der Waals surface area contributed by atoms with Gasteiger partial charge in [0.2, 0.25) is 0 Å². The third-order valence-corrected chi connectivity index (χ3v) is 5.55. The predicted molar refractivity (Wildman–Crippen MR) is 119 cm³/mol. The Hall–Kier alpha value is -3.59. The summed E-state index contributed by atoms with van der Waals surface area (Å²) in [5.41, 5.74) is 2.01. The minimum Gasteiger partial charge on any atom is -0.423 e. The Morgan fingerprint density at radius 2 is 1.62 bits per heavy atom. The fourth-order valence-corrected chi connectivity index (χ4v) is 3.92. The molecule has 1 heterocycles. The fourth-order valence-electron chi connectivity index (χ4n) is 2.97. The van der Waals surface area contributed by atoms with Crippen molar-refractivity contribution in [1.82, 2.24) is 4.98 Å². The molecular weight excluding hydrogens is 439 g/mol. The average molecular weight is 457 g/mol. The van der Waals surface area contributed by atoms with E-state index in [4.69, 9.17) is 4.42 Å². The molecule has 0 saturated carbocycles. The Labute approximate surface area is 184 Å². The van der Waals surface area contributed by atoms with E-state index in [2.05, 4.69) is 15.0 Å². The molecule has 1 aromatic heterocycles. The first-order valence-electron chi connectivity index (χ1n) is 9.56. The summed E-state index contributed by atoms with van der Waals surface area (Å²) in [6, 6.07) is 21.5. The smallest absolute Gasteiger partial charge is 0.416 e. The lowest BCUT2D eigenvalue weighted by Crippen LogP contribution is -2.07. The third kappa shape index (κ3) is 5.55. The van der Waals surface area contributed by atoms with Gasteiger partial charge >= 0.3 is 6.18 Å². The van der Waals surface area contributed by atoms with E-state index in [0.29, 0.717) is 28.5 Å². The van der Waals surface area contributed by atoms with Gasteiger partial charge in [-0.3, -0.25) is 0 Å². The van der Waals surface area contributed by atoms with Gasteiger partial charge in [-0.15, -0.1) is 0 Å². The van der Waals surface area contributed by atoms with Gasteiger partial charge in [0.15, 0.2) is 5.76 Å². The SMILES string of the molecule is O=S(Cc1ccccc1)Nc1cccc(Nc2ncc(-c3ccc(C(F)(F)F)cc3)o2)c1. The normalized spacial score (nSPS) is 12.3. The van der Waals surface area contributed by atoms with E-state index in [0.717, 1.165) is 17.7 Å². The molecule has 164 valence electrons. The van der Waals surface area contributed by atoms with Gasteiger partial charge in [-0.25, -0.2) is 9.19 Å². The van der Waals surface area contributed by atoms with Gasteiger partial charge in [-0.2, -0.15) is 13.2 Å². The van der Waals surface area contributed by atoms with Crippen LogP contribution in [-0.2, 0) is 22.9 Å². The van der Waals surface area contributed by atoms with Crippen LogP contribution in [0.15, 0.2) is 89.5 Å². The van der Waals surface area contributed by atoms with Crippen LogP contribution in [-0.4, -0.2) is 9.19 Å². The number of halogens is 3. The van der Waals surface area contributed by atoms with Crippen LogP contribution in [0.5, 0.6) is 0 Å². The maximum atomic E-state index is 12.7. The molecule has 32 heavy (non-hydrogen) atoms. The molecule has 0 aliphatic heterocycles. The van der Waals surface area contributed by atoms with Gasteiger partial charge in [0.1, 0.15) is 11.0 Å². The monoisotopic (exact) mass is 457 g/mol. The number of oxazole rings is 1. The topological polar surface area (TPSA) is 67.2 Å². The zero-order valence-electron chi connectivity index (χ0n) is 16.6. The van der Waals surface area contributed by atoms with Crippen molar-refractivity contribution in [3.05, 3.63) is 96.2 Å². The lowest BCUT2D eigenvalue weighted by Gasteiger charge is -2.08. The number of hydrogen-bond donors (Lipinski definition) is 2. The van der Waals surface area contributed by atoms with Crippen molar-refractivity contribution in [2.24, 2.45) is 0 Å². The quantitative estimate of drug-likeness (QED) is 0.338. The summed E-state index contributed by atoms with van der Waals surface area (Å²) in [7, 11) is -1.30. The van der Waals surface area contributed by atoms with Gasteiger partial charge in [-0.05, 0) is 35.9 Å². The highest BCUT2D eigenvalue weighted by Gasteiger charge is 2.30. The van der Waals surface area contributed by atoms with Crippen molar-refractivity contribution < 1.29 is 21.8 Å². The highest BCUT2D eigenvalue weighted by atomic mass is 32.2. The Morgan fingerprint density at radius 3 is 2.34 bits per heavy atom. The molecule has 0 spiro atoms. The van der Waals surface area contributed by atoms with Crippen LogP contribution in [0.4, 0.5) is 30.6 Å². The van der Waals surface area contributed by atoms with E-state index >= 15 is 0 Å². The zero-order valence-corrected chi connectivity index (χ0v) is 17.4. The number of benzene rings is 3. The van der Waals surface area contributed by atoms with Gasteiger partial charge < -0.3 is 14.5 Å². The number of rotatable bonds is 7. The second-order valence-corrected chi connectivity index (χ2v) is 8.07. The van der Waals surface area contributed by atoms with Crippen LogP contribution >= 0.6 is 0 Å². The molecule has 0 fully saturated rings. The molecule has 0 bridgehead atoms. The molecule has 1 atom stereocenters. The molecule has 0 amide bonds. The standard InChI is InChI=1S/C23H18F3N3O2S/c24-23(25,26)18-11-9-17(10-12-18)21-14-27-22(31-21)28-19-7-4-8-20(13-19)29-32(30)15-16-5-2-1-3-6-16/h1-14,29H,15H2,(H,27,28). The third-order valence-electron chi connectivity index (χ3n) is 4.49. The predicted octanol–water partition coefficient (Wildman–Crippen LogP) is 6.38. The van der Waals surface area contributed by atoms with Crippen molar-refractivity contribution in [3.63, 3.8) is 0 Å². The maximum Gasteiger partial charge on any atom is 0.416 e. The van der Waals surface area contributed by atoms with Crippen molar-refractivity contribution in [2.45, 2.75) is 11.9 Å². The molecule has 5 nitrogen and oxygen atoms in total. The van der Waals surface area contributed by atoms with Gasteiger partial charge in [0, 0.05) is 16.9 Å². The lowest BCUT2D eigenvalue weighted by molar-refractivity contribution is -0.137. The van der Waals surface area contributed by atoms with Crippen molar-refractivity contribution in [2.75, 3.05) is 10.0 Å². The summed E-state index contributed by atoms with van der Waals surface area (Å²) in [4.78, 5) is 4.13. The molecule has 0 aliphatic carbocycles. The van der Waals surface area contributed by atoms with Crippen molar-refractivity contribution in [1.29, 1.82) is 0 Å². The van der Waals surface area contributed by atoms with E-state index in [9.17, 15) is 17.4 Å². The Morgan fingerprint density at radius 1 is 0.906 bits per heavy atom. The summed E-state index contributed by atoms with van der Waals surface area (Å²) in [6.45, 7) is 0. The lowest BCUT2D eigenvalue weighted by atomic mass is 10.1. The largest absolute Gasteiger partial charge is 0.423 e.